The van der Waals surface area contributed by atoms with E-state index in [2.05, 4.69) is 63.6 Å². The second-order valence-corrected chi connectivity index (χ2v) is 7.48. The molecule has 1 aliphatic rings. The van der Waals surface area contributed by atoms with E-state index in [4.69, 9.17) is 0 Å². The molecule has 3 heterocycles. The van der Waals surface area contributed by atoms with E-state index in [-0.39, 0.29) is 0 Å². The van der Waals surface area contributed by atoms with Crippen LogP contribution in [0.5, 0.6) is 0 Å². The minimum absolute atomic E-state index is 0.667. The zero-order valence-electron chi connectivity index (χ0n) is 15.9. The van der Waals surface area contributed by atoms with Crippen molar-refractivity contribution in [2.75, 3.05) is 25.0 Å². The van der Waals surface area contributed by atoms with E-state index >= 15 is 0 Å². The van der Waals surface area contributed by atoms with Gasteiger partial charge in [-0.3, -0.25) is 4.90 Å². The standard InChI is InChI=1S/C21H27N5/c1-15-11-20(26-21(23-15)16(2)17(3)24-26)22-12-19-9-10-25(14-19)13-18-7-5-4-6-8-18/h4-8,11,19,22H,9-10,12-14H2,1-3H3/t19-/m0/s1. The van der Waals surface area contributed by atoms with Gasteiger partial charge < -0.3 is 5.32 Å². The number of likely N-dealkylation sites (tertiary alicyclic amines) is 1. The van der Waals surface area contributed by atoms with Gasteiger partial charge in [0.05, 0.1) is 5.69 Å². The van der Waals surface area contributed by atoms with Gasteiger partial charge in [0.1, 0.15) is 5.82 Å². The maximum atomic E-state index is 4.65. The van der Waals surface area contributed by atoms with Gasteiger partial charge in [-0.2, -0.15) is 9.61 Å². The number of nitrogens with zero attached hydrogens (tertiary/aromatic N) is 4. The molecule has 1 saturated heterocycles. The van der Waals surface area contributed by atoms with Gasteiger partial charge in [0.25, 0.3) is 0 Å². The zero-order valence-corrected chi connectivity index (χ0v) is 15.9. The lowest BCUT2D eigenvalue weighted by Gasteiger charge is -2.17. The van der Waals surface area contributed by atoms with Crippen LogP contribution in [0.2, 0.25) is 0 Å². The molecule has 0 amide bonds. The molecule has 136 valence electrons. The first-order chi connectivity index (χ1) is 12.6. The second kappa shape index (κ2) is 7.08. The molecule has 2 aromatic heterocycles. The molecule has 1 aliphatic heterocycles. The van der Waals surface area contributed by atoms with E-state index in [1.807, 2.05) is 18.4 Å². The van der Waals surface area contributed by atoms with Crippen molar-refractivity contribution in [3.05, 3.63) is 58.9 Å². The van der Waals surface area contributed by atoms with E-state index in [1.165, 1.54) is 18.5 Å². The van der Waals surface area contributed by atoms with E-state index in [9.17, 15) is 0 Å². The number of nitrogens with one attached hydrogen (secondary N) is 1. The first kappa shape index (κ1) is 17.0. The van der Waals surface area contributed by atoms with Crippen molar-refractivity contribution in [2.45, 2.75) is 33.7 Å². The number of anilines is 1. The molecule has 3 aromatic rings. The summed E-state index contributed by atoms with van der Waals surface area (Å²) >= 11 is 0. The first-order valence-electron chi connectivity index (χ1n) is 9.44. The van der Waals surface area contributed by atoms with Crippen LogP contribution in [0.1, 0.15) is 28.9 Å². The van der Waals surface area contributed by atoms with Crippen molar-refractivity contribution in [2.24, 2.45) is 5.92 Å². The Bertz CT molecular complexity index is 900. The highest BCUT2D eigenvalue weighted by molar-refractivity contribution is 5.55. The van der Waals surface area contributed by atoms with E-state index in [1.54, 1.807) is 0 Å². The average Bonchev–Trinajstić information content (AvgIpc) is 3.19. The first-order valence-corrected chi connectivity index (χ1v) is 9.44. The van der Waals surface area contributed by atoms with Gasteiger partial charge in [0.15, 0.2) is 5.65 Å². The van der Waals surface area contributed by atoms with E-state index < -0.39 is 0 Å². The van der Waals surface area contributed by atoms with Gasteiger partial charge in [-0.05, 0) is 45.2 Å². The highest BCUT2D eigenvalue weighted by Gasteiger charge is 2.22. The normalized spacial score (nSPS) is 17.9. The number of rotatable bonds is 5. The van der Waals surface area contributed by atoms with Gasteiger partial charge in [-0.1, -0.05) is 30.3 Å². The molecule has 1 N–H and O–H groups in total. The smallest absolute Gasteiger partial charge is 0.160 e. The lowest BCUT2D eigenvalue weighted by molar-refractivity contribution is 0.319. The number of benzene rings is 1. The summed E-state index contributed by atoms with van der Waals surface area (Å²) in [5.41, 5.74) is 5.59. The Hall–Kier alpha value is -2.40. The third-order valence-electron chi connectivity index (χ3n) is 5.38. The van der Waals surface area contributed by atoms with Crippen molar-refractivity contribution >= 4 is 11.5 Å². The van der Waals surface area contributed by atoms with Crippen molar-refractivity contribution in [3.63, 3.8) is 0 Å². The largest absolute Gasteiger partial charge is 0.370 e. The van der Waals surface area contributed by atoms with Crippen LogP contribution >= 0.6 is 0 Å². The molecule has 0 bridgehead atoms. The molecule has 26 heavy (non-hydrogen) atoms. The minimum Gasteiger partial charge on any atom is -0.370 e. The molecular formula is C21H27N5. The van der Waals surface area contributed by atoms with Crippen molar-refractivity contribution in [3.8, 4) is 0 Å². The average molecular weight is 349 g/mol. The molecular weight excluding hydrogens is 322 g/mol. The molecule has 1 atom stereocenters. The van der Waals surface area contributed by atoms with Gasteiger partial charge >= 0.3 is 0 Å². The predicted molar refractivity (Wildman–Crippen MR) is 106 cm³/mol. The Kier molecular flexibility index (Phi) is 4.64. The molecule has 5 heteroatoms. The highest BCUT2D eigenvalue weighted by atomic mass is 15.3. The third-order valence-corrected chi connectivity index (χ3v) is 5.38. The van der Waals surface area contributed by atoms with E-state index in [0.29, 0.717) is 5.92 Å². The van der Waals surface area contributed by atoms with E-state index in [0.717, 1.165) is 48.1 Å². The summed E-state index contributed by atoms with van der Waals surface area (Å²) in [6.45, 7) is 10.5. The fourth-order valence-electron chi connectivity index (χ4n) is 3.79. The van der Waals surface area contributed by atoms with Crippen LogP contribution in [0.4, 0.5) is 5.82 Å². The summed E-state index contributed by atoms with van der Waals surface area (Å²) in [6, 6.07) is 12.8. The molecule has 1 fully saturated rings. The second-order valence-electron chi connectivity index (χ2n) is 7.48. The van der Waals surface area contributed by atoms with Gasteiger partial charge in [0, 0.05) is 37.0 Å². The summed E-state index contributed by atoms with van der Waals surface area (Å²) in [7, 11) is 0. The Morgan fingerprint density at radius 1 is 1.15 bits per heavy atom. The molecule has 0 spiro atoms. The van der Waals surface area contributed by atoms with Crippen LogP contribution in [0.15, 0.2) is 36.4 Å². The summed E-state index contributed by atoms with van der Waals surface area (Å²) in [5, 5.41) is 8.28. The van der Waals surface area contributed by atoms with Crippen LogP contribution in [0.3, 0.4) is 0 Å². The predicted octanol–water partition coefficient (Wildman–Crippen LogP) is 3.59. The zero-order chi connectivity index (χ0) is 18.1. The van der Waals surface area contributed by atoms with Crippen LogP contribution in [0, 0.1) is 26.7 Å². The molecule has 0 unspecified atom stereocenters. The molecule has 0 radical (unpaired) electrons. The number of aryl methyl sites for hydroxylation is 3. The van der Waals surface area contributed by atoms with Crippen LogP contribution in [0.25, 0.3) is 5.65 Å². The number of hydrogen-bond donors (Lipinski definition) is 1. The summed E-state index contributed by atoms with van der Waals surface area (Å²) in [5.74, 6) is 1.71. The van der Waals surface area contributed by atoms with Crippen molar-refractivity contribution in [1.29, 1.82) is 0 Å². The van der Waals surface area contributed by atoms with Crippen molar-refractivity contribution in [1.82, 2.24) is 19.5 Å². The fraction of sp³-hybridized carbons (Fsp3) is 0.429. The Labute approximate surface area is 155 Å². The highest BCUT2D eigenvalue weighted by Crippen LogP contribution is 2.21. The lowest BCUT2D eigenvalue weighted by atomic mass is 10.1. The minimum atomic E-state index is 0.667. The number of aromatic nitrogens is 3. The summed E-state index contributed by atoms with van der Waals surface area (Å²) in [4.78, 5) is 7.20. The molecule has 5 nitrogen and oxygen atoms in total. The maximum Gasteiger partial charge on any atom is 0.160 e. The molecule has 1 aromatic carbocycles. The third kappa shape index (κ3) is 3.44. The van der Waals surface area contributed by atoms with Gasteiger partial charge in [-0.25, -0.2) is 4.98 Å². The number of hydrogen-bond acceptors (Lipinski definition) is 4. The van der Waals surface area contributed by atoms with Crippen LogP contribution in [-0.2, 0) is 6.54 Å². The molecule has 0 aliphatic carbocycles. The fourth-order valence-corrected chi connectivity index (χ4v) is 3.79. The maximum absolute atomic E-state index is 4.65. The lowest BCUT2D eigenvalue weighted by Crippen LogP contribution is -2.23. The van der Waals surface area contributed by atoms with Crippen molar-refractivity contribution < 1.29 is 0 Å². The van der Waals surface area contributed by atoms with Gasteiger partial charge in [0.2, 0.25) is 0 Å². The summed E-state index contributed by atoms with van der Waals surface area (Å²) < 4.78 is 1.95. The SMILES string of the molecule is Cc1cc(NC[C@@H]2CCN(Cc3ccccc3)C2)n2nc(C)c(C)c2n1. The summed E-state index contributed by atoms with van der Waals surface area (Å²) in [6.07, 6.45) is 1.24. The Morgan fingerprint density at radius 2 is 1.96 bits per heavy atom. The van der Waals surface area contributed by atoms with Crippen LogP contribution in [-0.4, -0.2) is 39.1 Å². The molecule has 0 saturated carbocycles. The van der Waals surface area contributed by atoms with Crippen LogP contribution < -0.4 is 5.32 Å². The monoisotopic (exact) mass is 349 g/mol. The Balaban J connectivity index is 1.41. The number of fused-ring (bicyclic) bond motifs is 1. The topological polar surface area (TPSA) is 45.5 Å². The quantitative estimate of drug-likeness (QED) is 0.765. The molecule has 4 rings (SSSR count). The van der Waals surface area contributed by atoms with Gasteiger partial charge in [-0.15, -0.1) is 0 Å². The Morgan fingerprint density at radius 3 is 2.77 bits per heavy atom.